The molecule has 1 aliphatic heterocycles. The van der Waals surface area contributed by atoms with Gasteiger partial charge in [0.1, 0.15) is 0 Å². The molecule has 2 aromatic rings. The number of carboxylic acid groups (broad SMARTS) is 1. The van der Waals surface area contributed by atoms with Gasteiger partial charge in [0.25, 0.3) is 0 Å². The van der Waals surface area contributed by atoms with Gasteiger partial charge in [0, 0.05) is 17.8 Å². The van der Waals surface area contributed by atoms with Gasteiger partial charge in [-0.1, -0.05) is 29.8 Å². The summed E-state index contributed by atoms with van der Waals surface area (Å²) >= 11 is 6.12. The van der Waals surface area contributed by atoms with E-state index in [9.17, 15) is 18.0 Å². The molecule has 0 fully saturated rings. The highest BCUT2D eigenvalue weighted by atomic mass is 35.5. The molecule has 1 aliphatic rings. The Kier molecular flexibility index (Phi) is 5.23. The maximum absolute atomic E-state index is 12.8. The number of likely N-dealkylation sites (N-methyl/N-ethyl adjacent to an activating group) is 1. The number of amides is 1. The SMILES string of the molecule is CN1C(=O)Cc2cc(S(=O)(=O)N[C@H](CC(=O)O)c3ccccc3Cl)ccc21. The number of sulfonamides is 1. The number of nitrogens with one attached hydrogen (secondary N) is 1. The third-order valence-electron chi connectivity index (χ3n) is 4.40. The Labute approximate surface area is 161 Å². The van der Waals surface area contributed by atoms with Gasteiger partial charge < -0.3 is 10.0 Å². The molecule has 2 aromatic carbocycles. The summed E-state index contributed by atoms with van der Waals surface area (Å²) in [6, 6.07) is 9.83. The molecule has 1 amide bonds. The second kappa shape index (κ2) is 7.30. The van der Waals surface area contributed by atoms with Crippen LogP contribution in [-0.4, -0.2) is 32.4 Å². The Morgan fingerprint density at radius 1 is 1.30 bits per heavy atom. The summed E-state index contributed by atoms with van der Waals surface area (Å²) in [5, 5.41) is 9.44. The summed E-state index contributed by atoms with van der Waals surface area (Å²) in [5.74, 6) is -1.28. The van der Waals surface area contributed by atoms with Crippen LogP contribution < -0.4 is 9.62 Å². The maximum atomic E-state index is 12.8. The van der Waals surface area contributed by atoms with E-state index in [2.05, 4.69) is 4.72 Å². The third-order valence-corrected chi connectivity index (χ3v) is 6.21. The Morgan fingerprint density at radius 3 is 2.67 bits per heavy atom. The van der Waals surface area contributed by atoms with Crippen molar-refractivity contribution in [1.82, 2.24) is 4.72 Å². The number of anilines is 1. The van der Waals surface area contributed by atoms with Crippen LogP contribution in [0, 0.1) is 0 Å². The molecular formula is C18H17ClN2O5S. The van der Waals surface area contributed by atoms with E-state index in [1.165, 1.54) is 17.0 Å². The van der Waals surface area contributed by atoms with E-state index in [1.54, 1.807) is 37.4 Å². The van der Waals surface area contributed by atoms with E-state index in [-0.39, 0.29) is 22.2 Å². The van der Waals surface area contributed by atoms with Crippen LogP contribution in [0.4, 0.5) is 5.69 Å². The van der Waals surface area contributed by atoms with Crippen LogP contribution in [0.3, 0.4) is 0 Å². The molecular weight excluding hydrogens is 392 g/mol. The molecule has 0 spiro atoms. The van der Waals surface area contributed by atoms with Gasteiger partial charge in [0.05, 0.1) is 23.8 Å². The highest BCUT2D eigenvalue weighted by Crippen LogP contribution is 2.31. The zero-order valence-electron chi connectivity index (χ0n) is 14.3. The quantitative estimate of drug-likeness (QED) is 0.763. The number of hydrogen-bond donors (Lipinski definition) is 2. The largest absolute Gasteiger partial charge is 0.481 e. The van der Waals surface area contributed by atoms with Crippen molar-refractivity contribution in [3.63, 3.8) is 0 Å². The number of rotatable bonds is 6. The smallest absolute Gasteiger partial charge is 0.305 e. The lowest BCUT2D eigenvalue weighted by molar-refractivity contribution is -0.137. The first-order valence-corrected chi connectivity index (χ1v) is 9.93. The van der Waals surface area contributed by atoms with Gasteiger partial charge in [-0.05, 0) is 35.4 Å². The first-order chi connectivity index (χ1) is 12.7. The van der Waals surface area contributed by atoms with Gasteiger partial charge in [-0.3, -0.25) is 9.59 Å². The molecule has 0 radical (unpaired) electrons. The van der Waals surface area contributed by atoms with Gasteiger partial charge >= 0.3 is 5.97 Å². The van der Waals surface area contributed by atoms with Crippen LogP contribution >= 0.6 is 11.6 Å². The standard InChI is InChI=1S/C18H17ClN2O5S/c1-21-16-7-6-12(8-11(16)9-17(21)22)27(25,26)20-15(10-18(23)24)13-4-2-3-5-14(13)19/h2-8,15,20H,9-10H2,1H3,(H,23,24)/t15-/m1/s1. The number of nitrogens with zero attached hydrogens (tertiary/aromatic N) is 1. The average molecular weight is 409 g/mol. The maximum Gasteiger partial charge on any atom is 0.305 e. The van der Waals surface area contributed by atoms with E-state index >= 15 is 0 Å². The van der Waals surface area contributed by atoms with Crippen LogP contribution in [0.25, 0.3) is 0 Å². The summed E-state index contributed by atoms with van der Waals surface area (Å²) in [6.45, 7) is 0. The summed E-state index contributed by atoms with van der Waals surface area (Å²) < 4.78 is 28.1. The molecule has 1 atom stereocenters. The van der Waals surface area contributed by atoms with Crippen LogP contribution in [0.5, 0.6) is 0 Å². The number of carboxylic acids is 1. The molecule has 7 nitrogen and oxygen atoms in total. The van der Waals surface area contributed by atoms with Gasteiger partial charge in [-0.15, -0.1) is 0 Å². The fraction of sp³-hybridized carbons (Fsp3) is 0.222. The molecule has 3 rings (SSSR count). The van der Waals surface area contributed by atoms with E-state index < -0.39 is 28.5 Å². The molecule has 142 valence electrons. The summed E-state index contributed by atoms with van der Waals surface area (Å²) in [6.07, 6.45) is -0.340. The number of hydrogen-bond acceptors (Lipinski definition) is 4. The van der Waals surface area contributed by atoms with E-state index in [0.717, 1.165) is 0 Å². The van der Waals surface area contributed by atoms with Crippen LogP contribution in [0.1, 0.15) is 23.6 Å². The molecule has 0 saturated heterocycles. The van der Waals surface area contributed by atoms with Crippen molar-refractivity contribution in [2.45, 2.75) is 23.8 Å². The molecule has 0 aromatic heterocycles. The van der Waals surface area contributed by atoms with Crippen LogP contribution in [-0.2, 0) is 26.0 Å². The van der Waals surface area contributed by atoms with Crippen molar-refractivity contribution in [3.05, 3.63) is 58.6 Å². The predicted octanol–water partition coefficient (Wildman–Crippen LogP) is 2.35. The van der Waals surface area contributed by atoms with Crippen molar-refractivity contribution < 1.29 is 23.1 Å². The lowest BCUT2D eigenvalue weighted by Gasteiger charge is -2.19. The van der Waals surface area contributed by atoms with Gasteiger partial charge in [-0.2, -0.15) is 0 Å². The first kappa shape index (κ1) is 19.3. The second-order valence-electron chi connectivity index (χ2n) is 6.21. The lowest BCUT2D eigenvalue weighted by Crippen LogP contribution is -2.30. The highest BCUT2D eigenvalue weighted by Gasteiger charge is 2.29. The van der Waals surface area contributed by atoms with Crippen molar-refractivity contribution in [1.29, 1.82) is 0 Å². The molecule has 9 heteroatoms. The summed E-state index contributed by atoms with van der Waals surface area (Å²) in [7, 11) is -2.40. The average Bonchev–Trinajstić information content (AvgIpc) is 2.88. The molecule has 2 N–H and O–H groups in total. The van der Waals surface area contributed by atoms with Gasteiger partial charge in [0.2, 0.25) is 15.9 Å². The monoisotopic (exact) mass is 408 g/mol. The zero-order valence-corrected chi connectivity index (χ0v) is 15.9. The van der Waals surface area contributed by atoms with Gasteiger partial charge in [0.15, 0.2) is 0 Å². The summed E-state index contributed by atoms with van der Waals surface area (Å²) in [4.78, 5) is 24.4. The number of carbonyl (C=O) groups is 2. The van der Waals surface area contributed by atoms with Crippen molar-refractivity contribution in [2.24, 2.45) is 0 Å². The predicted molar refractivity (Wildman–Crippen MR) is 100 cm³/mol. The number of aliphatic carboxylic acids is 1. The number of carbonyl (C=O) groups excluding carboxylic acids is 1. The molecule has 0 saturated carbocycles. The van der Waals surface area contributed by atoms with Crippen LogP contribution in [0.15, 0.2) is 47.4 Å². The summed E-state index contributed by atoms with van der Waals surface area (Å²) in [5.41, 5.74) is 1.64. The zero-order chi connectivity index (χ0) is 19.8. The van der Waals surface area contributed by atoms with Crippen LogP contribution in [0.2, 0.25) is 5.02 Å². The topological polar surface area (TPSA) is 104 Å². The minimum absolute atomic E-state index is 0.0354. The minimum atomic E-state index is -4.03. The van der Waals surface area contributed by atoms with E-state index in [1.807, 2.05) is 0 Å². The minimum Gasteiger partial charge on any atom is -0.481 e. The van der Waals surface area contributed by atoms with Crippen molar-refractivity contribution >= 4 is 39.2 Å². The Morgan fingerprint density at radius 2 is 2.00 bits per heavy atom. The molecule has 1 heterocycles. The fourth-order valence-electron chi connectivity index (χ4n) is 3.02. The van der Waals surface area contributed by atoms with E-state index in [4.69, 9.17) is 16.7 Å². The third kappa shape index (κ3) is 3.97. The fourth-order valence-corrected chi connectivity index (χ4v) is 4.55. The van der Waals surface area contributed by atoms with Crippen molar-refractivity contribution in [2.75, 3.05) is 11.9 Å². The molecule has 0 bridgehead atoms. The number of halogens is 1. The first-order valence-electron chi connectivity index (χ1n) is 8.07. The van der Waals surface area contributed by atoms with Gasteiger partial charge in [-0.25, -0.2) is 13.1 Å². The Hall–Kier alpha value is -2.42. The van der Waals surface area contributed by atoms with E-state index in [0.29, 0.717) is 16.8 Å². The Balaban J connectivity index is 1.94. The molecule has 27 heavy (non-hydrogen) atoms. The normalized spacial score (nSPS) is 14.9. The molecule has 0 unspecified atom stereocenters. The lowest BCUT2D eigenvalue weighted by atomic mass is 10.1. The highest BCUT2D eigenvalue weighted by molar-refractivity contribution is 7.89. The Bertz CT molecular complexity index is 1020. The number of fused-ring (bicyclic) bond motifs is 1. The second-order valence-corrected chi connectivity index (χ2v) is 8.33. The molecule has 0 aliphatic carbocycles. The number of benzene rings is 2. The van der Waals surface area contributed by atoms with Crippen molar-refractivity contribution in [3.8, 4) is 0 Å².